The van der Waals surface area contributed by atoms with Crippen LogP contribution in [0.15, 0.2) is 107 Å². The number of rotatable bonds is 17. The molecule has 61 heavy (non-hydrogen) atoms. The number of nitrogens with one attached hydrogen (secondary N) is 2. The summed E-state index contributed by atoms with van der Waals surface area (Å²) in [6, 6.07) is 29.2. The molecule has 4 aromatic carbocycles. The quantitative estimate of drug-likeness (QED) is 0.0222. The minimum Gasteiger partial charge on any atom is -0.494 e. The molecule has 1 aliphatic heterocycles. The summed E-state index contributed by atoms with van der Waals surface area (Å²) in [5.74, 6) is 0.531. The van der Waals surface area contributed by atoms with E-state index in [1.165, 1.54) is 26.5 Å². The molecule has 0 aliphatic carbocycles. The van der Waals surface area contributed by atoms with E-state index >= 15 is 0 Å². The van der Waals surface area contributed by atoms with Crippen molar-refractivity contribution < 1.29 is 45.6 Å². The van der Waals surface area contributed by atoms with Crippen LogP contribution >= 0.6 is 35.8 Å². The lowest BCUT2D eigenvalue weighted by atomic mass is 9.96. The number of nitrogen functional groups attached to an aromatic ring is 2. The van der Waals surface area contributed by atoms with Crippen molar-refractivity contribution in [1.29, 1.82) is 10.8 Å². The second kappa shape index (κ2) is 28.4. The zero-order valence-corrected chi connectivity index (χ0v) is 37.9. The summed E-state index contributed by atoms with van der Waals surface area (Å²) in [5.41, 5.74) is 16.1. The highest BCUT2D eigenvalue weighted by Gasteiger charge is 2.20. The number of nitrogens with zero attached hydrogens (tertiary/aromatic N) is 1. The van der Waals surface area contributed by atoms with Gasteiger partial charge in [0.15, 0.2) is 0 Å². The van der Waals surface area contributed by atoms with E-state index in [0.717, 1.165) is 48.7 Å². The lowest BCUT2D eigenvalue weighted by molar-refractivity contribution is 0.279. The van der Waals surface area contributed by atoms with Gasteiger partial charge in [-0.1, -0.05) is 47.6 Å². The molecule has 0 atom stereocenters. The number of aliphatic hydroxyl groups excluding tert-OH is 2. The summed E-state index contributed by atoms with van der Waals surface area (Å²) in [6.07, 6.45) is 6.28. The molecule has 0 aromatic heterocycles. The summed E-state index contributed by atoms with van der Waals surface area (Å²) < 4.78 is 65.5. The molecule has 15 nitrogen and oxygen atoms in total. The van der Waals surface area contributed by atoms with E-state index in [1.807, 2.05) is 42.1 Å². The number of ether oxygens (including phenoxy) is 2. The number of halogens is 2. The number of aliphatic hydroxyl groups is 2. The Kier molecular flexibility index (Phi) is 25.5. The molecule has 0 spiro atoms. The van der Waals surface area contributed by atoms with Crippen LogP contribution in [-0.2, 0) is 20.2 Å². The van der Waals surface area contributed by atoms with Crippen LogP contribution in [0.25, 0.3) is 5.57 Å². The minimum absolute atomic E-state index is 0. The average Bonchev–Trinajstić information content (AvgIpc) is 3.17. The Bertz CT molecular complexity index is 2120. The Hall–Kier alpha value is -4.21. The number of nitrogens with two attached hydrogens (primary N) is 2. The molecule has 0 amide bonds. The number of hydrogen-bond acceptors (Lipinski definition) is 12. The number of hydrogen-bond donors (Lipinski definition) is 8. The lowest BCUT2D eigenvalue weighted by Crippen LogP contribution is -2.12. The highest BCUT2D eigenvalue weighted by atomic mass is 35.5. The first kappa shape index (κ1) is 54.8. The van der Waals surface area contributed by atoms with Gasteiger partial charge >= 0.3 is 0 Å². The number of fused-ring (bicyclic) bond motifs is 2. The highest BCUT2D eigenvalue weighted by Crippen LogP contribution is 2.46. The van der Waals surface area contributed by atoms with Gasteiger partial charge in [0.2, 0.25) is 0 Å². The highest BCUT2D eigenvalue weighted by molar-refractivity contribution is 7.99. The molecule has 0 unspecified atom stereocenters. The third kappa shape index (κ3) is 23.0. The molecule has 0 saturated carbocycles. The standard InChI is InChI=1S/C19H24N4O2.C18H18ClNS.2C2H6O4S.ClH/c20-18(21)14-4-8-16(9-5-14)24-12-2-1-3-13-25-17-10-6-15(7-11-17)19(22)23;1-20(2)11-5-7-14-15-6-3-4-8-17(15)21-18-10-9-13(19)12-16(14)18;2*3-1-2-7(4,5)6;/h4-11H,1-3,12-13H2,(H3,20,21)(H3,22,23);3-4,6-10,12H,5,11H2,1-2H3;2*3H,1-2H2,(H,4,5,6);1H. The van der Waals surface area contributed by atoms with Crippen molar-refractivity contribution in [2.24, 2.45) is 11.5 Å². The molecule has 336 valence electrons. The van der Waals surface area contributed by atoms with Crippen LogP contribution in [-0.4, -0.2) is 111 Å². The van der Waals surface area contributed by atoms with E-state index in [1.54, 1.807) is 24.3 Å². The van der Waals surface area contributed by atoms with Crippen molar-refractivity contribution in [3.8, 4) is 11.5 Å². The third-order valence-electron chi connectivity index (χ3n) is 7.91. The van der Waals surface area contributed by atoms with Gasteiger partial charge < -0.3 is 36.1 Å². The first-order valence-electron chi connectivity index (χ1n) is 18.5. The predicted molar refractivity (Wildman–Crippen MR) is 246 cm³/mol. The maximum Gasteiger partial charge on any atom is 0.267 e. The summed E-state index contributed by atoms with van der Waals surface area (Å²) in [7, 11) is -3.64. The Morgan fingerprint density at radius 1 is 0.721 bits per heavy atom. The molecular weight excluding hydrogens is 890 g/mol. The van der Waals surface area contributed by atoms with Crippen molar-refractivity contribution in [2.45, 2.75) is 35.5 Å². The van der Waals surface area contributed by atoms with E-state index in [9.17, 15) is 16.8 Å². The first-order valence-corrected chi connectivity index (χ1v) is 22.9. The van der Waals surface area contributed by atoms with Crippen LogP contribution < -0.4 is 20.9 Å². The molecule has 4 aromatic rings. The summed E-state index contributed by atoms with van der Waals surface area (Å²) in [5, 5.41) is 31.2. The van der Waals surface area contributed by atoms with Gasteiger partial charge in [-0.25, -0.2) is 0 Å². The molecule has 20 heteroatoms. The van der Waals surface area contributed by atoms with Gasteiger partial charge in [-0.05, 0) is 129 Å². The van der Waals surface area contributed by atoms with Gasteiger partial charge in [-0.2, -0.15) is 16.8 Å². The van der Waals surface area contributed by atoms with Gasteiger partial charge in [0, 0.05) is 32.5 Å². The topological polar surface area (TPSA) is 271 Å². The number of amidine groups is 2. The molecule has 1 heterocycles. The molecule has 0 fully saturated rings. The largest absolute Gasteiger partial charge is 0.494 e. The number of benzene rings is 4. The second-order valence-corrected chi connectivity index (χ2v) is 17.8. The Morgan fingerprint density at radius 3 is 1.59 bits per heavy atom. The van der Waals surface area contributed by atoms with Gasteiger partial charge in [-0.3, -0.25) is 19.9 Å². The van der Waals surface area contributed by atoms with Gasteiger partial charge in [-0.15, -0.1) is 12.4 Å². The molecule has 0 radical (unpaired) electrons. The molecule has 10 N–H and O–H groups in total. The normalized spacial score (nSPS) is 12.1. The Morgan fingerprint density at radius 2 is 1.18 bits per heavy atom. The van der Waals surface area contributed by atoms with Crippen molar-refractivity contribution in [1.82, 2.24) is 4.90 Å². The SMILES string of the molecule is CN(C)CCC=C1c2ccccc2Sc2ccc(Cl)cc21.Cl.N=C(N)c1ccc(OCCCCCOc2ccc(C(=N)N)cc2)cc1.O=S(=O)(O)CCO.O=S(=O)(O)CCO. The van der Waals surface area contributed by atoms with E-state index in [2.05, 4.69) is 61.5 Å². The van der Waals surface area contributed by atoms with E-state index < -0.39 is 45.0 Å². The summed E-state index contributed by atoms with van der Waals surface area (Å²) in [4.78, 5) is 4.82. The zero-order valence-electron chi connectivity index (χ0n) is 33.9. The fourth-order valence-corrected chi connectivity index (χ4v) is 6.70. The van der Waals surface area contributed by atoms with Crippen LogP contribution in [0.5, 0.6) is 11.5 Å². The van der Waals surface area contributed by atoms with E-state index in [0.29, 0.717) is 24.3 Å². The average molecular weight is 945 g/mol. The van der Waals surface area contributed by atoms with Crippen LogP contribution in [0.4, 0.5) is 0 Å². The van der Waals surface area contributed by atoms with Gasteiger partial charge in [0.05, 0.1) is 37.9 Å². The maximum atomic E-state index is 9.63. The zero-order chi connectivity index (χ0) is 44.7. The summed E-state index contributed by atoms with van der Waals surface area (Å²) >= 11 is 8.03. The van der Waals surface area contributed by atoms with Crippen LogP contribution in [0.2, 0.25) is 5.02 Å². The van der Waals surface area contributed by atoms with Crippen LogP contribution in [0, 0.1) is 10.8 Å². The lowest BCUT2D eigenvalue weighted by Gasteiger charge is -2.22. The fourth-order valence-electron chi connectivity index (χ4n) is 4.98. The molecular formula is C41H55Cl2N5O10S3. The van der Waals surface area contributed by atoms with Crippen LogP contribution in [0.3, 0.4) is 0 Å². The van der Waals surface area contributed by atoms with Gasteiger partial charge in [0.1, 0.15) is 23.2 Å². The number of unbranched alkanes of at least 4 members (excludes halogenated alkanes) is 2. The minimum atomic E-state index is -3.92. The Balaban J connectivity index is 0.000000463. The van der Waals surface area contributed by atoms with Crippen LogP contribution in [0.1, 0.15) is 47.9 Å². The first-order chi connectivity index (χ1) is 28.3. The molecule has 1 aliphatic rings. The van der Waals surface area contributed by atoms with Crippen molar-refractivity contribution in [2.75, 3.05) is 58.6 Å². The van der Waals surface area contributed by atoms with E-state index in [-0.39, 0.29) is 24.1 Å². The van der Waals surface area contributed by atoms with Crippen molar-refractivity contribution >= 4 is 73.3 Å². The predicted octanol–water partition coefficient (Wildman–Crippen LogP) is 6.23. The van der Waals surface area contributed by atoms with Gasteiger partial charge in [0.25, 0.3) is 20.2 Å². The maximum absolute atomic E-state index is 9.63. The fraction of sp³-hybridized carbons (Fsp3) is 0.317. The third-order valence-corrected chi connectivity index (χ3v) is 10.7. The molecule has 5 rings (SSSR count). The monoisotopic (exact) mass is 943 g/mol. The summed E-state index contributed by atoms with van der Waals surface area (Å²) in [6.45, 7) is 1.28. The smallest absolute Gasteiger partial charge is 0.267 e. The molecule has 0 saturated heterocycles. The second-order valence-electron chi connectivity index (χ2n) is 13.1. The molecule has 0 bridgehead atoms. The van der Waals surface area contributed by atoms with Crippen molar-refractivity contribution in [3.63, 3.8) is 0 Å². The Labute approximate surface area is 374 Å². The van der Waals surface area contributed by atoms with E-state index in [4.69, 9.17) is 62.7 Å². The van der Waals surface area contributed by atoms with Crippen molar-refractivity contribution in [3.05, 3.63) is 124 Å².